The molecule has 0 spiro atoms. The van der Waals surface area contributed by atoms with Crippen LogP contribution in [0.1, 0.15) is 48.5 Å². The van der Waals surface area contributed by atoms with E-state index in [1.54, 1.807) is 19.9 Å². The maximum absolute atomic E-state index is 14.1. The lowest BCUT2D eigenvalue weighted by Crippen LogP contribution is -2.33. The lowest BCUT2D eigenvalue weighted by molar-refractivity contribution is 0.102. The number of anilines is 1. The molecule has 1 N–H and O–H groups in total. The van der Waals surface area contributed by atoms with Crippen molar-refractivity contribution in [3.63, 3.8) is 0 Å². The highest BCUT2D eigenvalue weighted by Gasteiger charge is 2.33. The molecule has 1 aromatic carbocycles. The van der Waals surface area contributed by atoms with E-state index in [2.05, 4.69) is 10.4 Å². The molecule has 1 aliphatic rings. The Morgan fingerprint density at radius 2 is 1.89 bits per heavy atom. The predicted octanol–water partition coefficient (Wildman–Crippen LogP) is 3.17. The number of halogens is 1. The summed E-state index contributed by atoms with van der Waals surface area (Å²) < 4.78 is 43.2. The zero-order chi connectivity index (χ0) is 20.3. The van der Waals surface area contributed by atoms with Gasteiger partial charge in [-0.25, -0.2) is 12.8 Å². The topological polar surface area (TPSA) is 84.3 Å². The molecule has 152 valence electrons. The molecule has 0 aliphatic carbocycles. The van der Waals surface area contributed by atoms with Crippen LogP contribution in [-0.4, -0.2) is 41.5 Å². The summed E-state index contributed by atoms with van der Waals surface area (Å²) in [6.07, 6.45) is 4.92. The first-order valence-electron chi connectivity index (χ1n) is 9.48. The monoisotopic (exact) mass is 408 g/mol. The Morgan fingerprint density at radius 1 is 1.21 bits per heavy atom. The molecule has 1 aliphatic heterocycles. The Morgan fingerprint density at radius 3 is 2.50 bits per heavy atom. The number of hydrogen-bond donors (Lipinski definition) is 1. The second-order valence-corrected chi connectivity index (χ2v) is 8.81. The van der Waals surface area contributed by atoms with Crippen LogP contribution in [0, 0.1) is 12.7 Å². The summed E-state index contributed by atoms with van der Waals surface area (Å²) in [5.74, 6) is -1.27. The summed E-state index contributed by atoms with van der Waals surface area (Å²) in [5, 5.41) is 6.33. The second-order valence-electron chi connectivity index (χ2n) is 6.96. The molecule has 7 nitrogen and oxygen atoms in total. The lowest BCUT2D eigenvalue weighted by Gasteiger charge is -2.19. The summed E-state index contributed by atoms with van der Waals surface area (Å²) in [7, 11) is -3.91. The van der Waals surface area contributed by atoms with E-state index in [9.17, 15) is 17.6 Å². The molecule has 1 saturated heterocycles. The number of carbonyl (C=O) groups is 1. The molecule has 3 rings (SSSR count). The molecule has 1 fully saturated rings. The van der Waals surface area contributed by atoms with E-state index in [4.69, 9.17) is 0 Å². The maximum Gasteiger partial charge on any atom is 0.263 e. The second kappa shape index (κ2) is 8.40. The van der Waals surface area contributed by atoms with Crippen LogP contribution in [-0.2, 0) is 16.6 Å². The van der Waals surface area contributed by atoms with Crippen molar-refractivity contribution in [2.45, 2.75) is 51.1 Å². The van der Waals surface area contributed by atoms with Crippen LogP contribution in [0.2, 0.25) is 0 Å². The third-order valence-corrected chi connectivity index (χ3v) is 6.65. The van der Waals surface area contributed by atoms with Crippen molar-refractivity contribution in [2.75, 3.05) is 18.4 Å². The summed E-state index contributed by atoms with van der Waals surface area (Å²) in [6.45, 7) is 4.78. The molecular weight excluding hydrogens is 383 g/mol. The van der Waals surface area contributed by atoms with Crippen LogP contribution >= 0.6 is 0 Å². The van der Waals surface area contributed by atoms with Crippen molar-refractivity contribution in [3.8, 4) is 0 Å². The molecule has 1 aromatic heterocycles. The number of aryl methyl sites for hydroxylation is 2. The minimum atomic E-state index is -3.91. The zero-order valence-electron chi connectivity index (χ0n) is 16.1. The number of nitrogens with zero attached hydrogens (tertiary/aromatic N) is 3. The van der Waals surface area contributed by atoms with Crippen molar-refractivity contribution in [1.29, 1.82) is 0 Å². The fourth-order valence-corrected chi connectivity index (χ4v) is 4.84. The first kappa shape index (κ1) is 20.5. The molecule has 0 bridgehead atoms. The molecule has 0 saturated carbocycles. The normalized spacial score (nSPS) is 16.0. The Balaban J connectivity index is 1.95. The van der Waals surface area contributed by atoms with Gasteiger partial charge in [0.1, 0.15) is 5.82 Å². The van der Waals surface area contributed by atoms with Gasteiger partial charge in [0.05, 0.1) is 11.3 Å². The fraction of sp³-hybridized carbons (Fsp3) is 0.474. The highest BCUT2D eigenvalue weighted by atomic mass is 32.2. The number of amides is 1. The van der Waals surface area contributed by atoms with E-state index < -0.39 is 21.7 Å². The summed E-state index contributed by atoms with van der Waals surface area (Å²) >= 11 is 0. The van der Waals surface area contributed by atoms with Crippen molar-refractivity contribution in [2.24, 2.45) is 0 Å². The number of rotatable bonds is 5. The Kier molecular flexibility index (Phi) is 6.14. The van der Waals surface area contributed by atoms with Crippen LogP contribution < -0.4 is 5.32 Å². The van der Waals surface area contributed by atoms with E-state index in [1.165, 1.54) is 27.3 Å². The summed E-state index contributed by atoms with van der Waals surface area (Å²) in [4.78, 5) is 12.8. The summed E-state index contributed by atoms with van der Waals surface area (Å²) in [6, 6.07) is 4.43. The number of benzene rings is 1. The molecule has 1 amide bonds. The predicted molar refractivity (Wildman–Crippen MR) is 104 cm³/mol. The van der Waals surface area contributed by atoms with Gasteiger partial charge in [-0.05, 0) is 44.4 Å². The lowest BCUT2D eigenvalue weighted by atomic mass is 10.2. The zero-order valence-corrected chi connectivity index (χ0v) is 16.9. The van der Waals surface area contributed by atoms with Crippen LogP contribution in [0.4, 0.5) is 10.1 Å². The highest BCUT2D eigenvalue weighted by molar-refractivity contribution is 7.89. The molecule has 9 heteroatoms. The molecule has 0 atom stereocenters. The number of nitrogens with one attached hydrogen (secondary N) is 1. The maximum atomic E-state index is 14.1. The van der Waals surface area contributed by atoms with Crippen LogP contribution in [0.5, 0.6) is 0 Å². The minimum Gasteiger partial charge on any atom is -0.319 e. The number of sulfonamides is 1. The van der Waals surface area contributed by atoms with E-state index in [1.807, 2.05) is 0 Å². The average Bonchev–Trinajstić information content (AvgIpc) is 2.91. The SMILES string of the molecule is CCn1cc(C(=O)Nc2ccc(C)cc2F)c(S(=O)(=O)N2CCCCCC2)n1. The first-order valence-corrected chi connectivity index (χ1v) is 10.9. The average molecular weight is 408 g/mol. The largest absolute Gasteiger partial charge is 0.319 e. The molecular formula is C19H25FN4O3S. The standard InChI is InChI=1S/C19H25FN4O3S/c1-3-23-13-15(18(25)21-17-9-8-14(2)12-16(17)20)19(22-23)28(26,27)24-10-6-4-5-7-11-24/h8-9,12-13H,3-7,10-11H2,1-2H3,(H,21,25). The van der Waals surface area contributed by atoms with Crippen molar-refractivity contribution in [3.05, 3.63) is 41.3 Å². The third kappa shape index (κ3) is 4.25. The third-order valence-electron chi connectivity index (χ3n) is 4.82. The van der Waals surface area contributed by atoms with Gasteiger partial charge in [0.15, 0.2) is 0 Å². The number of hydrogen-bond acceptors (Lipinski definition) is 4. The Labute approximate surface area is 164 Å². The molecule has 2 aromatic rings. The Bertz CT molecular complexity index is 964. The molecule has 0 unspecified atom stereocenters. The summed E-state index contributed by atoms with van der Waals surface area (Å²) in [5.41, 5.74) is 0.641. The number of aromatic nitrogens is 2. The molecule has 2 heterocycles. The highest BCUT2D eigenvalue weighted by Crippen LogP contribution is 2.24. The molecule has 28 heavy (non-hydrogen) atoms. The quantitative estimate of drug-likeness (QED) is 0.824. The van der Waals surface area contributed by atoms with Gasteiger partial charge < -0.3 is 5.32 Å². The first-order chi connectivity index (χ1) is 13.3. The van der Waals surface area contributed by atoms with Gasteiger partial charge in [0, 0.05) is 25.8 Å². The van der Waals surface area contributed by atoms with Crippen LogP contribution in [0.15, 0.2) is 29.4 Å². The minimum absolute atomic E-state index is 0.00188. The number of carbonyl (C=O) groups excluding carboxylic acids is 1. The van der Waals surface area contributed by atoms with Crippen molar-refractivity contribution >= 4 is 21.6 Å². The Hall–Kier alpha value is -2.26. The van der Waals surface area contributed by atoms with Gasteiger partial charge >= 0.3 is 0 Å². The van der Waals surface area contributed by atoms with Crippen molar-refractivity contribution in [1.82, 2.24) is 14.1 Å². The van der Waals surface area contributed by atoms with Gasteiger partial charge in [0.25, 0.3) is 15.9 Å². The van der Waals surface area contributed by atoms with Crippen LogP contribution in [0.3, 0.4) is 0 Å². The van der Waals surface area contributed by atoms with Crippen molar-refractivity contribution < 1.29 is 17.6 Å². The van der Waals surface area contributed by atoms with Gasteiger partial charge in [-0.3, -0.25) is 9.48 Å². The van der Waals surface area contributed by atoms with Crippen LogP contribution in [0.25, 0.3) is 0 Å². The van der Waals surface area contributed by atoms with Gasteiger partial charge in [-0.1, -0.05) is 18.9 Å². The van der Waals surface area contributed by atoms with E-state index in [-0.39, 0.29) is 16.3 Å². The van der Waals surface area contributed by atoms with Gasteiger partial charge in [-0.15, -0.1) is 0 Å². The fourth-order valence-electron chi connectivity index (χ4n) is 3.23. The van der Waals surface area contributed by atoms with E-state index in [0.717, 1.165) is 31.2 Å². The smallest absolute Gasteiger partial charge is 0.263 e. The van der Waals surface area contributed by atoms with E-state index in [0.29, 0.717) is 19.6 Å². The molecule has 0 radical (unpaired) electrons. The van der Waals surface area contributed by atoms with E-state index >= 15 is 0 Å². The van der Waals surface area contributed by atoms with Gasteiger partial charge in [0.2, 0.25) is 5.03 Å². The van der Waals surface area contributed by atoms with Gasteiger partial charge in [-0.2, -0.15) is 9.40 Å².